The van der Waals surface area contributed by atoms with Crippen LogP contribution < -0.4 is 4.90 Å². The van der Waals surface area contributed by atoms with Crippen LogP contribution in [0.5, 0.6) is 0 Å². The van der Waals surface area contributed by atoms with E-state index in [0.717, 1.165) is 25.5 Å². The number of hydrogen-bond donors (Lipinski definition) is 0. The first-order chi connectivity index (χ1) is 9.77. The van der Waals surface area contributed by atoms with Crippen molar-refractivity contribution in [3.63, 3.8) is 0 Å². The maximum atomic E-state index is 12.3. The highest BCUT2D eigenvalue weighted by atomic mass is 16.2. The van der Waals surface area contributed by atoms with Crippen molar-refractivity contribution >= 4 is 11.7 Å². The van der Waals surface area contributed by atoms with Gasteiger partial charge in [0, 0.05) is 25.8 Å². The van der Waals surface area contributed by atoms with E-state index < -0.39 is 0 Å². The van der Waals surface area contributed by atoms with Gasteiger partial charge in [-0.15, -0.1) is 0 Å². The van der Waals surface area contributed by atoms with Gasteiger partial charge in [-0.2, -0.15) is 0 Å². The lowest BCUT2D eigenvalue weighted by Gasteiger charge is -2.34. The summed E-state index contributed by atoms with van der Waals surface area (Å²) in [5.74, 6) is 1.52. The third-order valence-electron chi connectivity index (χ3n) is 3.81. The fraction of sp³-hybridized carbons (Fsp3) is 0.647. The van der Waals surface area contributed by atoms with Crippen LogP contribution in [0.1, 0.15) is 40.2 Å². The molecule has 1 fully saturated rings. The number of piperazine rings is 1. The van der Waals surface area contributed by atoms with Gasteiger partial charge in [0.05, 0.1) is 6.54 Å². The largest absolute Gasteiger partial charge is 0.294 e. The van der Waals surface area contributed by atoms with Crippen molar-refractivity contribution in [2.75, 3.05) is 31.1 Å². The molecule has 0 saturated carbocycles. The zero-order valence-electron chi connectivity index (χ0n) is 13.9. The normalized spacial score (nSPS) is 17.6. The van der Waals surface area contributed by atoms with Crippen molar-refractivity contribution in [3.05, 3.63) is 23.9 Å². The number of aromatic nitrogens is 1. The molecule has 116 valence electrons. The van der Waals surface area contributed by atoms with Gasteiger partial charge in [0.1, 0.15) is 5.82 Å². The zero-order chi connectivity index (χ0) is 15.6. The van der Waals surface area contributed by atoms with Gasteiger partial charge in [0.15, 0.2) is 0 Å². The van der Waals surface area contributed by atoms with Crippen molar-refractivity contribution < 1.29 is 4.79 Å². The Hall–Kier alpha value is -1.42. The smallest absolute Gasteiger partial charge is 0.242 e. The number of anilines is 1. The van der Waals surface area contributed by atoms with Crippen molar-refractivity contribution in [1.82, 2.24) is 9.88 Å². The lowest BCUT2D eigenvalue weighted by atomic mass is 9.88. The molecule has 0 bridgehead atoms. The summed E-state index contributed by atoms with van der Waals surface area (Å²) >= 11 is 0. The van der Waals surface area contributed by atoms with E-state index in [1.54, 1.807) is 0 Å². The summed E-state index contributed by atoms with van der Waals surface area (Å²) in [6.07, 6.45) is 1.89. The Balaban J connectivity index is 2.05. The molecule has 1 aromatic rings. The molecule has 0 spiro atoms. The average molecular weight is 289 g/mol. The number of nitrogens with zero attached hydrogens (tertiary/aromatic N) is 3. The molecule has 1 saturated heterocycles. The standard InChI is InChI=1S/C17H27N3O/c1-13(2)11-19-8-9-20(16(21)12-19)15-7-6-14(10-18-15)17(3,4)5/h6-7,10,13H,8-9,11-12H2,1-5H3. The van der Waals surface area contributed by atoms with E-state index in [2.05, 4.69) is 50.6 Å². The van der Waals surface area contributed by atoms with E-state index in [9.17, 15) is 4.79 Å². The Morgan fingerprint density at radius 1 is 1.24 bits per heavy atom. The topological polar surface area (TPSA) is 36.4 Å². The van der Waals surface area contributed by atoms with Crippen molar-refractivity contribution in [1.29, 1.82) is 0 Å². The van der Waals surface area contributed by atoms with Crippen LogP contribution in [0.2, 0.25) is 0 Å². The van der Waals surface area contributed by atoms with Gasteiger partial charge in [-0.25, -0.2) is 4.98 Å². The third-order valence-corrected chi connectivity index (χ3v) is 3.81. The Kier molecular flexibility index (Phi) is 4.67. The fourth-order valence-corrected chi connectivity index (χ4v) is 2.63. The van der Waals surface area contributed by atoms with E-state index in [1.807, 2.05) is 17.2 Å². The van der Waals surface area contributed by atoms with E-state index in [1.165, 1.54) is 5.56 Å². The zero-order valence-corrected chi connectivity index (χ0v) is 13.9. The summed E-state index contributed by atoms with van der Waals surface area (Å²) in [7, 11) is 0. The predicted molar refractivity (Wildman–Crippen MR) is 86.6 cm³/mol. The first-order valence-electron chi connectivity index (χ1n) is 7.76. The lowest BCUT2D eigenvalue weighted by molar-refractivity contribution is -0.121. The van der Waals surface area contributed by atoms with Gasteiger partial charge in [-0.1, -0.05) is 40.7 Å². The lowest BCUT2D eigenvalue weighted by Crippen LogP contribution is -2.51. The molecule has 0 aliphatic carbocycles. The predicted octanol–water partition coefficient (Wildman–Crippen LogP) is 2.68. The Bertz CT molecular complexity index is 488. The molecule has 1 aromatic heterocycles. The number of amides is 1. The van der Waals surface area contributed by atoms with E-state index in [4.69, 9.17) is 0 Å². The molecular formula is C17H27N3O. The van der Waals surface area contributed by atoms with E-state index >= 15 is 0 Å². The molecule has 0 aromatic carbocycles. The van der Waals surface area contributed by atoms with Gasteiger partial charge in [0.25, 0.3) is 0 Å². The van der Waals surface area contributed by atoms with Gasteiger partial charge in [-0.05, 0) is 23.0 Å². The summed E-state index contributed by atoms with van der Waals surface area (Å²) in [4.78, 5) is 20.8. The molecule has 21 heavy (non-hydrogen) atoms. The number of rotatable bonds is 3. The van der Waals surface area contributed by atoms with Crippen LogP contribution in [-0.4, -0.2) is 42.0 Å². The van der Waals surface area contributed by atoms with Crippen molar-refractivity contribution in [2.45, 2.75) is 40.0 Å². The Labute approximate surface area is 128 Å². The quantitative estimate of drug-likeness (QED) is 0.858. The van der Waals surface area contributed by atoms with Crippen LogP contribution in [0, 0.1) is 5.92 Å². The molecule has 0 atom stereocenters. The highest BCUT2D eigenvalue weighted by Gasteiger charge is 2.26. The molecule has 4 heteroatoms. The van der Waals surface area contributed by atoms with Gasteiger partial charge in [0.2, 0.25) is 5.91 Å². The first kappa shape index (κ1) is 16.0. The minimum absolute atomic E-state index is 0.0888. The second-order valence-corrected chi connectivity index (χ2v) is 7.33. The molecule has 1 aliphatic heterocycles. The van der Waals surface area contributed by atoms with Gasteiger partial charge < -0.3 is 0 Å². The molecule has 1 amide bonds. The Morgan fingerprint density at radius 2 is 1.95 bits per heavy atom. The maximum absolute atomic E-state index is 12.3. The van der Waals surface area contributed by atoms with Crippen molar-refractivity contribution in [3.8, 4) is 0 Å². The number of hydrogen-bond acceptors (Lipinski definition) is 3. The summed E-state index contributed by atoms with van der Waals surface area (Å²) in [5.41, 5.74) is 1.28. The molecule has 2 heterocycles. The van der Waals surface area contributed by atoms with Crippen LogP contribution >= 0.6 is 0 Å². The first-order valence-corrected chi connectivity index (χ1v) is 7.76. The van der Waals surface area contributed by atoms with E-state index in [0.29, 0.717) is 12.5 Å². The minimum atomic E-state index is 0.0888. The summed E-state index contributed by atoms with van der Waals surface area (Å²) in [6, 6.07) is 4.05. The second-order valence-electron chi connectivity index (χ2n) is 7.33. The Morgan fingerprint density at radius 3 is 2.43 bits per heavy atom. The average Bonchev–Trinajstić information content (AvgIpc) is 2.37. The van der Waals surface area contributed by atoms with Crippen LogP contribution in [0.25, 0.3) is 0 Å². The minimum Gasteiger partial charge on any atom is -0.294 e. The second kappa shape index (κ2) is 6.14. The summed E-state index contributed by atoms with van der Waals surface area (Å²) in [5, 5.41) is 0. The number of pyridine rings is 1. The molecule has 4 nitrogen and oxygen atoms in total. The fourth-order valence-electron chi connectivity index (χ4n) is 2.63. The molecular weight excluding hydrogens is 262 g/mol. The van der Waals surface area contributed by atoms with Crippen LogP contribution in [-0.2, 0) is 10.2 Å². The summed E-state index contributed by atoms with van der Waals surface area (Å²) < 4.78 is 0. The molecule has 0 unspecified atom stereocenters. The highest BCUT2D eigenvalue weighted by molar-refractivity contribution is 5.94. The van der Waals surface area contributed by atoms with Crippen LogP contribution in [0.15, 0.2) is 18.3 Å². The van der Waals surface area contributed by atoms with Crippen molar-refractivity contribution in [2.24, 2.45) is 5.92 Å². The summed E-state index contributed by atoms with van der Waals surface area (Å²) in [6.45, 7) is 14.0. The van der Waals surface area contributed by atoms with E-state index in [-0.39, 0.29) is 11.3 Å². The number of carbonyl (C=O) groups is 1. The molecule has 2 rings (SSSR count). The molecule has 0 radical (unpaired) electrons. The van der Waals surface area contributed by atoms with Gasteiger partial charge in [-0.3, -0.25) is 14.6 Å². The van der Waals surface area contributed by atoms with Crippen LogP contribution in [0.3, 0.4) is 0 Å². The third kappa shape index (κ3) is 4.03. The highest BCUT2D eigenvalue weighted by Crippen LogP contribution is 2.23. The monoisotopic (exact) mass is 289 g/mol. The maximum Gasteiger partial charge on any atom is 0.242 e. The van der Waals surface area contributed by atoms with Crippen LogP contribution in [0.4, 0.5) is 5.82 Å². The molecule has 1 aliphatic rings. The van der Waals surface area contributed by atoms with Gasteiger partial charge >= 0.3 is 0 Å². The SMILES string of the molecule is CC(C)CN1CCN(c2ccc(C(C)(C)C)cn2)C(=O)C1. The molecule has 0 N–H and O–H groups in total. The number of carbonyl (C=O) groups excluding carboxylic acids is 1.